The van der Waals surface area contributed by atoms with Crippen molar-refractivity contribution in [1.29, 1.82) is 0 Å². The highest BCUT2D eigenvalue weighted by molar-refractivity contribution is 5.98. The number of nitrogens with one attached hydrogen (secondary N) is 2. The summed E-state index contributed by atoms with van der Waals surface area (Å²) in [6, 6.07) is 10.1. The van der Waals surface area contributed by atoms with Crippen LogP contribution in [0.1, 0.15) is 33.6 Å². The number of halogens is 2. The molecule has 2 N–H and O–H groups in total. The van der Waals surface area contributed by atoms with E-state index in [4.69, 9.17) is 4.74 Å². The lowest BCUT2D eigenvalue weighted by Gasteiger charge is -2.36. The van der Waals surface area contributed by atoms with Crippen molar-refractivity contribution in [2.75, 3.05) is 33.4 Å². The normalized spacial score (nSPS) is 15.1. The Morgan fingerprint density at radius 2 is 1.82 bits per heavy atom. The molecule has 1 fully saturated rings. The maximum Gasteiger partial charge on any atom is 0.254 e. The first-order valence-electron chi connectivity index (χ1n) is 10.8. The molecule has 0 radical (unpaired) electrons. The Morgan fingerprint density at radius 3 is 2.48 bits per heavy atom. The molecule has 0 aromatic heterocycles. The molecule has 7 nitrogen and oxygen atoms in total. The van der Waals surface area contributed by atoms with Gasteiger partial charge in [0.05, 0.1) is 12.2 Å². The van der Waals surface area contributed by atoms with Crippen LogP contribution < -0.4 is 10.6 Å². The average Bonchev–Trinajstić information content (AvgIpc) is 2.82. The van der Waals surface area contributed by atoms with Crippen LogP contribution in [0.3, 0.4) is 0 Å². The molecule has 3 amide bonds. The number of amides is 3. The molecule has 1 heterocycles. The highest BCUT2D eigenvalue weighted by atomic mass is 19.1. The second-order valence-corrected chi connectivity index (χ2v) is 7.85. The smallest absolute Gasteiger partial charge is 0.254 e. The van der Waals surface area contributed by atoms with Crippen molar-refractivity contribution in [2.24, 2.45) is 5.92 Å². The lowest BCUT2D eigenvalue weighted by Crippen LogP contribution is -2.54. The molecule has 0 spiro atoms. The minimum absolute atomic E-state index is 0.147. The van der Waals surface area contributed by atoms with Gasteiger partial charge in [-0.05, 0) is 49.1 Å². The number of carbonyl (C=O) groups excluding carboxylic acids is 3. The number of likely N-dealkylation sites (tertiary alicyclic amines) is 1. The van der Waals surface area contributed by atoms with Gasteiger partial charge in [-0.1, -0.05) is 18.2 Å². The molecule has 2 aromatic carbocycles. The van der Waals surface area contributed by atoms with E-state index >= 15 is 0 Å². The van der Waals surface area contributed by atoms with Crippen LogP contribution in [-0.2, 0) is 9.53 Å². The quantitative estimate of drug-likeness (QED) is 0.594. The van der Waals surface area contributed by atoms with E-state index in [1.807, 2.05) is 0 Å². The van der Waals surface area contributed by atoms with Crippen LogP contribution in [0.25, 0.3) is 0 Å². The predicted octanol–water partition coefficient (Wildman–Crippen LogP) is 2.38. The van der Waals surface area contributed by atoms with Gasteiger partial charge in [0.2, 0.25) is 5.91 Å². The fourth-order valence-corrected chi connectivity index (χ4v) is 3.89. The lowest BCUT2D eigenvalue weighted by molar-refractivity contribution is -0.124. The Kier molecular flexibility index (Phi) is 8.48. The molecule has 176 valence electrons. The first-order valence-corrected chi connectivity index (χ1v) is 10.8. The zero-order valence-electron chi connectivity index (χ0n) is 18.4. The fourth-order valence-electron chi connectivity index (χ4n) is 3.89. The van der Waals surface area contributed by atoms with Crippen molar-refractivity contribution >= 4 is 17.7 Å². The van der Waals surface area contributed by atoms with Crippen LogP contribution in [-0.4, -0.2) is 62.0 Å². The van der Waals surface area contributed by atoms with E-state index in [-0.39, 0.29) is 29.5 Å². The third-order valence-corrected chi connectivity index (χ3v) is 5.66. The van der Waals surface area contributed by atoms with Gasteiger partial charge in [-0.25, -0.2) is 8.78 Å². The molecular formula is C24H27F2N3O4. The van der Waals surface area contributed by atoms with E-state index in [0.717, 1.165) is 0 Å². The third kappa shape index (κ3) is 6.35. The number of piperidine rings is 1. The van der Waals surface area contributed by atoms with Crippen LogP contribution >= 0.6 is 0 Å². The molecule has 1 unspecified atom stereocenters. The highest BCUT2D eigenvalue weighted by Gasteiger charge is 2.34. The number of nitrogens with zero attached hydrogens (tertiary/aromatic N) is 1. The molecule has 33 heavy (non-hydrogen) atoms. The maximum absolute atomic E-state index is 14.1. The number of hydrogen-bond donors (Lipinski definition) is 2. The van der Waals surface area contributed by atoms with Gasteiger partial charge in [-0.2, -0.15) is 0 Å². The number of methoxy groups -OCH3 is 1. The molecule has 1 atom stereocenters. The van der Waals surface area contributed by atoms with Crippen molar-refractivity contribution in [3.05, 3.63) is 71.3 Å². The summed E-state index contributed by atoms with van der Waals surface area (Å²) in [6.45, 7) is 1.26. The molecule has 0 aliphatic carbocycles. The number of ether oxygens (including phenoxy) is 1. The van der Waals surface area contributed by atoms with Crippen LogP contribution in [0.5, 0.6) is 0 Å². The molecule has 0 saturated carbocycles. The number of benzene rings is 2. The van der Waals surface area contributed by atoms with E-state index in [1.54, 1.807) is 17.0 Å². The highest BCUT2D eigenvalue weighted by Crippen LogP contribution is 2.23. The Morgan fingerprint density at radius 1 is 1.09 bits per heavy atom. The topological polar surface area (TPSA) is 87.7 Å². The Balaban J connectivity index is 1.69. The van der Waals surface area contributed by atoms with E-state index in [2.05, 4.69) is 10.6 Å². The van der Waals surface area contributed by atoms with Crippen LogP contribution in [0.4, 0.5) is 8.78 Å². The average molecular weight is 459 g/mol. The predicted molar refractivity (Wildman–Crippen MR) is 118 cm³/mol. The second kappa shape index (κ2) is 11.5. The minimum Gasteiger partial charge on any atom is -0.383 e. The first-order chi connectivity index (χ1) is 15.9. The van der Waals surface area contributed by atoms with Crippen LogP contribution in [0.15, 0.2) is 48.5 Å². The standard InChI is InChI=1S/C24H27F2N3O4/c1-33-14-11-27-23(31)21(28-22(30)19-7-2-3-8-20(19)26)16-9-12-29(13-10-16)24(32)17-5-4-6-18(25)15-17/h2-8,15-16,21H,9-14H2,1H3,(H,27,31)(H,28,30). The summed E-state index contributed by atoms with van der Waals surface area (Å²) in [4.78, 5) is 39.8. The number of carbonyl (C=O) groups is 3. The number of hydrogen-bond acceptors (Lipinski definition) is 4. The zero-order valence-corrected chi connectivity index (χ0v) is 18.4. The zero-order chi connectivity index (χ0) is 23.8. The summed E-state index contributed by atoms with van der Waals surface area (Å²) in [5, 5.41) is 5.39. The molecule has 1 aliphatic rings. The Labute approximate surface area is 191 Å². The summed E-state index contributed by atoms with van der Waals surface area (Å²) in [7, 11) is 1.51. The van der Waals surface area contributed by atoms with Gasteiger partial charge < -0.3 is 20.3 Å². The van der Waals surface area contributed by atoms with Gasteiger partial charge in [-0.15, -0.1) is 0 Å². The van der Waals surface area contributed by atoms with E-state index in [9.17, 15) is 23.2 Å². The van der Waals surface area contributed by atoms with E-state index < -0.39 is 29.5 Å². The molecule has 9 heteroatoms. The van der Waals surface area contributed by atoms with Gasteiger partial charge >= 0.3 is 0 Å². The SMILES string of the molecule is COCCNC(=O)C(NC(=O)c1ccccc1F)C1CCN(C(=O)c2cccc(F)c2)CC1. The minimum atomic E-state index is -0.902. The van der Waals surface area contributed by atoms with Crippen molar-refractivity contribution in [3.8, 4) is 0 Å². The molecule has 1 aliphatic heterocycles. The number of rotatable bonds is 8. The fraction of sp³-hybridized carbons (Fsp3) is 0.375. The maximum atomic E-state index is 14.1. The molecule has 1 saturated heterocycles. The summed E-state index contributed by atoms with van der Waals surface area (Å²) in [6.07, 6.45) is 0.891. The van der Waals surface area contributed by atoms with Crippen molar-refractivity contribution in [2.45, 2.75) is 18.9 Å². The molecule has 0 bridgehead atoms. The molecule has 3 rings (SSSR count). The summed E-state index contributed by atoms with van der Waals surface area (Å²) in [5.41, 5.74) is 0.112. The molecular weight excluding hydrogens is 432 g/mol. The van der Waals surface area contributed by atoms with Gasteiger partial charge in [0.25, 0.3) is 11.8 Å². The first kappa shape index (κ1) is 24.3. The summed E-state index contributed by atoms with van der Waals surface area (Å²) >= 11 is 0. The molecule has 2 aromatic rings. The van der Waals surface area contributed by atoms with Crippen molar-refractivity contribution in [1.82, 2.24) is 15.5 Å². The van der Waals surface area contributed by atoms with E-state index in [0.29, 0.717) is 32.5 Å². The summed E-state index contributed by atoms with van der Waals surface area (Å²) < 4.78 is 32.5. The Bertz CT molecular complexity index is 993. The van der Waals surface area contributed by atoms with Crippen LogP contribution in [0, 0.1) is 17.6 Å². The largest absolute Gasteiger partial charge is 0.383 e. The van der Waals surface area contributed by atoms with Crippen LogP contribution in [0.2, 0.25) is 0 Å². The monoisotopic (exact) mass is 459 g/mol. The summed E-state index contributed by atoms with van der Waals surface area (Å²) in [5.74, 6) is -2.79. The lowest BCUT2D eigenvalue weighted by atomic mass is 9.88. The van der Waals surface area contributed by atoms with Crippen molar-refractivity contribution < 1.29 is 27.9 Å². The third-order valence-electron chi connectivity index (χ3n) is 5.66. The second-order valence-electron chi connectivity index (χ2n) is 7.85. The van der Waals surface area contributed by atoms with Gasteiger partial charge in [0.15, 0.2) is 0 Å². The van der Waals surface area contributed by atoms with Gasteiger partial charge in [0.1, 0.15) is 17.7 Å². The van der Waals surface area contributed by atoms with Gasteiger partial charge in [-0.3, -0.25) is 14.4 Å². The Hall–Kier alpha value is -3.33. The van der Waals surface area contributed by atoms with Gasteiger partial charge in [0, 0.05) is 32.3 Å². The van der Waals surface area contributed by atoms with E-state index in [1.165, 1.54) is 43.5 Å². The van der Waals surface area contributed by atoms with Crippen molar-refractivity contribution in [3.63, 3.8) is 0 Å².